The van der Waals surface area contributed by atoms with Gasteiger partial charge in [0.05, 0.1) is 5.30 Å². The molecule has 0 N–H and O–H groups in total. The molecule has 0 aliphatic heterocycles. The minimum Gasteiger partial charge on any atom is -0.435 e. The Morgan fingerprint density at radius 1 is 0.586 bits per heavy atom. The molecule has 0 saturated heterocycles. The molecular weight excluding hydrogens is 375 g/mol. The Morgan fingerprint density at radius 2 is 1.14 bits per heavy atom. The van der Waals surface area contributed by atoms with E-state index in [1.54, 1.807) is 0 Å². The third-order valence-corrected chi connectivity index (χ3v) is 6.22. The van der Waals surface area contributed by atoms with Crippen molar-refractivity contribution >= 4 is 13.7 Å². The first-order valence-corrected chi connectivity index (χ1v) is 10.9. The summed E-state index contributed by atoms with van der Waals surface area (Å²) in [6.07, 6.45) is 0. The fourth-order valence-electron chi connectivity index (χ4n) is 3.18. The first kappa shape index (κ1) is 19.2. The van der Waals surface area contributed by atoms with E-state index < -0.39 is 8.38 Å². The second-order valence-corrected chi connectivity index (χ2v) is 8.15. The van der Waals surface area contributed by atoms with Gasteiger partial charge in [0.15, 0.2) is 0 Å². The molecule has 0 amide bonds. The molecule has 0 fully saturated rings. The van der Waals surface area contributed by atoms with Crippen LogP contribution in [0.2, 0.25) is 0 Å². The SMILES string of the molecule is CC(c1ccccc1)c1ccccc1OP(Oc1ccccc1)c1ccccc1. The molecule has 0 radical (unpaired) electrons. The van der Waals surface area contributed by atoms with Crippen LogP contribution in [0.4, 0.5) is 0 Å². The Bertz CT molecular complexity index is 1020. The standard InChI is InChI=1S/C26H23O2P/c1-21(22-13-5-2-6-14-22)25-19-11-12-20-26(25)28-29(24-17-9-4-10-18-24)27-23-15-7-3-8-16-23/h2-21H,1H3. The Hall–Kier alpha value is -3.09. The van der Waals surface area contributed by atoms with Gasteiger partial charge in [-0.3, -0.25) is 0 Å². The Kier molecular flexibility index (Phi) is 6.24. The molecular formula is C26H23O2P. The summed E-state index contributed by atoms with van der Waals surface area (Å²) in [6.45, 7) is 2.21. The van der Waals surface area contributed by atoms with Crippen molar-refractivity contribution in [2.24, 2.45) is 0 Å². The highest BCUT2D eigenvalue weighted by atomic mass is 31.2. The van der Waals surface area contributed by atoms with Gasteiger partial charge in [-0.25, -0.2) is 0 Å². The van der Waals surface area contributed by atoms with E-state index in [2.05, 4.69) is 55.5 Å². The summed E-state index contributed by atoms with van der Waals surface area (Å²) in [5.41, 5.74) is 2.41. The highest BCUT2D eigenvalue weighted by Gasteiger charge is 2.21. The van der Waals surface area contributed by atoms with E-state index in [0.29, 0.717) is 0 Å². The molecule has 2 nitrogen and oxygen atoms in total. The lowest BCUT2D eigenvalue weighted by Crippen LogP contribution is -2.11. The maximum Gasteiger partial charge on any atom is 0.326 e. The van der Waals surface area contributed by atoms with Crippen molar-refractivity contribution in [2.45, 2.75) is 12.8 Å². The third kappa shape index (κ3) is 4.85. The van der Waals surface area contributed by atoms with Crippen LogP contribution in [0.15, 0.2) is 115 Å². The lowest BCUT2D eigenvalue weighted by atomic mass is 9.93. The monoisotopic (exact) mass is 398 g/mol. The topological polar surface area (TPSA) is 18.5 Å². The minimum absolute atomic E-state index is 0.219. The van der Waals surface area contributed by atoms with Crippen molar-refractivity contribution in [1.82, 2.24) is 0 Å². The summed E-state index contributed by atoms with van der Waals surface area (Å²) in [7, 11) is -1.32. The maximum absolute atomic E-state index is 6.52. The fraction of sp³-hybridized carbons (Fsp3) is 0.0769. The minimum atomic E-state index is -1.32. The van der Waals surface area contributed by atoms with Crippen molar-refractivity contribution in [3.05, 3.63) is 126 Å². The van der Waals surface area contributed by atoms with E-state index in [1.807, 2.05) is 66.7 Å². The predicted molar refractivity (Wildman–Crippen MR) is 121 cm³/mol. The summed E-state index contributed by atoms with van der Waals surface area (Å²) in [4.78, 5) is 0. The van der Waals surface area contributed by atoms with Crippen LogP contribution >= 0.6 is 8.38 Å². The van der Waals surface area contributed by atoms with Gasteiger partial charge in [-0.05, 0) is 35.9 Å². The molecule has 4 aromatic rings. The molecule has 4 aromatic carbocycles. The summed E-state index contributed by atoms with van der Waals surface area (Å²) in [5, 5.41) is 1.04. The molecule has 0 heterocycles. The second kappa shape index (κ2) is 9.41. The molecule has 144 valence electrons. The molecule has 0 aliphatic carbocycles. The number of benzene rings is 4. The fourth-order valence-corrected chi connectivity index (χ4v) is 4.50. The van der Waals surface area contributed by atoms with Gasteiger partial charge in [-0.1, -0.05) is 91.9 Å². The molecule has 0 aromatic heterocycles. The highest BCUT2D eigenvalue weighted by Crippen LogP contribution is 2.43. The zero-order valence-corrected chi connectivity index (χ0v) is 17.2. The summed E-state index contributed by atoms with van der Waals surface area (Å²) in [6, 6.07) is 38.7. The molecule has 2 unspecified atom stereocenters. The van der Waals surface area contributed by atoms with Crippen LogP contribution in [0.1, 0.15) is 24.0 Å². The molecule has 29 heavy (non-hydrogen) atoms. The summed E-state index contributed by atoms with van der Waals surface area (Å²) in [5.74, 6) is 1.88. The third-order valence-electron chi connectivity index (χ3n) is 4.76. The normalized spacial score (nSPS) is 12.7. The smallest absolute Gasteiger partial charge is 0.326 e. The van der Waals surface area contributed by atoms with Crippen molar-refractivity contribution in [1.29, 1.82) is 0 Å². The average molecular weight is 398 g/mol. The van der Waals surface area contributed by atoms with Gasteiger partial charge in [0.1, 0.15) is 11.5 Å². The van der Waals surface area contributed by atoms with Gasteiger partial charge in [0.2, 0.25) is 0 Å². The van der Waals surface area contributed by atoms with Crippen molar-refractivity contribution in [3.8, 4) is 11.5 Å². The van der Waals surface area contributed by atoms with E-state index in [-0.39, 0.29) is 5.92 Å². The second-order valence-electron chi connectivity index (χ2n) is 6.76. The van der Waals surface area contributed by atoms with E-state index in [1.165, 1.54) is 5.56 Å². The summed E-state index contributed by atoms with van der Waals surface area (Å²) >= 11 is 0. The van der Waals surface area contributed by atoms with Crippen LogP contribution < -0.4 is 14.4 Å². The van der Waals surface area contributed by atoms with Crippen LogP contribution in [0.25, 0.3) is 0 Å². The van der Waals surface area contributed by atoms with Gasteiger partial charge < -0.3 is 9.05 Å². The number of hydrogen-bond donors (Lipinski definition) is 0. The molecule has 0 bridgehead atoms. The van der Waals surface area contributed by atoms with Gasteiger partial charge in [-0.2, -0.15) is 0 Å². The summed E-state index contributed by atoms with van der Waals surface area (Å²) < 4.78 is 12.8. The Balaban J connectivity index is 1.66. The first-order valence-electron chi connectivity index (χ1n) is 9.71. The zero-order valence-electron chi connectivity index (χ0n) is 16.3. The largest absolute Gasteiger partial charge is 0.435 e. The van der Waals surface area contributed by atoms with Crippen molar-refractivity contribution in [2.75, 3.05) is 0 Å². The quantitative estimate of drug-likeness (QED) is 0.314. The van der Waals surface area contributed by atoms with Gasteiger partial charge in [0, 0.05) is 11.5 Å². The lowest BCUT2D eigenvalue weighted by molar-refractivity contribution is 0.497. The van der Waals surface area contributed by atoms with E-state index >= 15 is 0 Å². The molecule has 3 heteroatoms. The molecule has 0 aliphatic rings. The van der Waals surface area contributed by atoms with Crippen molar-refractivity contribution < 1.29 is 9.05 Å². The maximum atomic E-state index is 6.52. The zero-order chi connectivity index (χ0) is 19.9. The van der Waals surface area contributed by atoms with Crippen LogP contribution in [-0.2, 0) is 0 Å². The van der Waals surface area contributed by atoms with Gasteiger partial charge >= 0.3 is 8.38 Å². The van der Waals surface area contributed by atoms with Crippen LogP contribution in [0.3, 0.4) is 0 Å². The Morgan fingerprint density at radius 3 is 1.83 bits per heavy atom. The number of hydrogen-bond acceptors (Lipinski definition) is 2. The molecule has 0 saturated carbocycles. The van der Waals surface area contributed by atoms with Crippen LogP contribution in [-0.4, -0.2) is 0 Å². The molecule has 2 atom stereocenters. The molecule has 0 spiro atoms. The van der Waals surface area contributed by atoms with E-state index in [0.717, 1.165) is 22.4 Å². The average Bonchev–Trinajstić information content (AvgIpc) is 2.80. The lowest BCUT2D eigenvalue weighted by Gasteiger charge is -2.22. The molecule has 4 rings (SSSR count). The van der Waals surface area contributed by atoms with Crippen LogP contribution in [0, 0.1) is 0 Å². The first-order chi connectivity index (χ1) is 14.3. The van der Waals surface area contributed by atoms with E-state index in [4.69, 9.17) is 9.05 Å². The Labute approximate surface area is 173 Å². The number of para-hydroxylation sites is 2. The van der Waals surface area contributed by atoms with Crippen molar-refractivity contribution in [3.63, 3.8) is 0 Å². The van der Waals surface area contributed by atoms with Crippen LogP contribution in [0.5, 0.6) is 11.5 Å². The highest BCUT2D eigenvalue weighted by molar-refractivity contribution is 7.56. The predicted octanol–water partition coefficient (Wildman–Crippen LogP) is 6.93. The van der Waals surface area contributed by atoms with Gasteiger partial charge in [0.25, 0.3) is 0 Å². The van der Waals surface area contributed by atoms with E-state index in [9.17, 15) is 0 Å². The van der Waals surface area contributed by atoms with Gasteiger partial charge in [-0.15, -0.1) is 0 Å². The number of rotatable bonds is 7.